The van der Waals surface area contributed by atoms with Gasteiger partial charge >= 0.3 is 5.97 Å². The van der Waals surface area contributed by atoms with Gasteiger partial charge in [-0.2, -0.15) is 0 Å². The third kappa shape index (κ3) is 5.96. The number of methoxy groups -OCH3 is 1. The summed E-state index contributed by atoms with van der Waals surface area (Å²) >= 11 is 9.09. The van der Waals surface area contributed by atoms with Gasteiger partial charge in [0, 0.05) is 18.5 Å². The second-order valence-corrected chi connectivity index (χ2v) is 8.29. The summed E-state index contributed by atoms with van der Waals surface area (Å²) in [7, 11) is 3.15. The number of carbonyl (C=O) groups excluding carboxylic acids is 1. The number of nitrogens with zero attached hydrogens (tertiary/aromatic N) is 2. The maximum Gasteiger partial charge on any atom is 0.312 e. The van der Waals surface area contributed by atoms with E-state index in [-0.39, 0.29) is 17.1 Å². The number of pyridine rings is 1. The van der Waals surface area contributed by atoms with Crippen molar-refractivity contribution in [1.29, 1.82) is 0 Å². The molecule has 1 unspecified atom stereocenters. The Hall–Kier alpha value is -1.57. The van der Waals surface area contributed by atoms with Crippen LogP contribution in [0.2, 0.25) is 5.02 Å². The van der Waals surface area contributed by atoms with Gasteiger partial charge in [0.25, 0.3) is 0 Å². The molecule has 0 saturated heterocycles. The van der Waals surface area contributed by atoms with E-state index in [0.29, 0.717) is 36.1 Å². The van der Waals surface area contributed by atoms with E-state index < -0.39 is 23.0 Å². The van der Waals surface area contributed by atoms with E-state index in [9.17, 15) is 13.6 Å². The van der Waals surface area contributed by atoms with Crippen LogP contribution in [0, 0.1) is 17.0 Å². The highest BCUT2D eigenvalue weighted by molar-refractivity contribution is 9.10. The number of esters is 1. The van der Waals surface area contributed by atoms with Crippen LogP contribution in [0.4, 0.5) is 8.78 Å². The van der Waals surface area contributed by atoms with E-state index in [0.717, 1.165) is 0 Å². The van der Waals surface area contributed by atoms with Crippen molar-refractivity contribution in [3.8, 4) is 0 Å². The first-order chi connectivity index (χ1) is 13.7. The summed E-state index contributed by atoms with van der Waals surface area (Å²) in [6, 6.07) is 7.70. The van der Waals surface area contributed by atoms with Gasteiger partial charge < -0.3 is 9.64 Å². The Labute approximate surface area is 183 Å². The van der Waals surface area contributed by atoms with Crippen LogP contribution in [-0.4, -0.2) is 36.6 Å². The summed E-state index contributed by atoms with van der Waals surface area (Å²) in [5, 5.41) is 0.0737. The smallest absolute Gasteiger partial charge is 0.312 e. The summed E-state index contributed by atoms with van der Waals surface area (Å²) < 4.78 is 34.0. The molecular formula is C21H24BrClF2N2O2. The first kappa shape index (κ1) is 23.7. The zero-order valence-electron chi connectivity index (χ0n) is 16.6. The van der Waals surface area contributed by atoms with E-state index >= 15 is 0 Å². The Balaban J connectivity index is 2.18. The van der Waals surface area contributed by atoms with Crippen LogP contribution in [0.15, 0.2) is 34.9 Å². The van der Waals surface area contributed by atoms with Crippen LogP contribution < -0.4 is 0 Å². The Morgan fingerprint density at radius 3 is 2.69 bits per heavy atom. The number of ether oxygens (including phenoxy) is 1. The zero-order chi connectivity index (χ0) is 21.6. The van der Waals surface area contributed by atoms with Crippen molar-refractivity contribution in [1.82, 2.24) is 9.88 Å². The number of halogens is 4. The molecule has 1 atom stereocenters. The van der Waals surface area contributed by atoms with E-state index in [1.165, 1.54) is 25.3 Å². The van der Waals surface area contributed by atoms with E-state index in [1.807, 2.05) is 18.9 Å². The Kier molecular flexibility index (Phi) is 8.55. The van der Waals surface area contributed by atoms with Gasteiger partial charge in [-0.1, -0.05) is 30.7 Å². The Bertz CT molecular complexity index is 869. The molecule has 0 aliphatic carbocycles. The molecule has 2 rings (SSSR count). The third-order valence-electron chi connectivity index (χ3n) is 5.13. The van der Waals surface area contributed by atoms with Gasteiger partial charge in [-0.3, -0.25) is 4.79 Å². The number of hydrogen-bond acceptors (Lipinski definition) is 4. The fraction of sp³-hybridized carbons (Fsp3) is 0.429. The second kappa shape index (κ2) is 10.5. The van der Waals surface area contributed by atoms with Gasteiger partial charge in [0.15, 0.2) is 0 Å². The average molecular weight is 490 g/mol. The van der Waals surface area contributed by atoms with Crippen molar-refractivity contribution < 1.29 is 18.3 Å². The average Bonchev–Trinajstić information content (AvgIpc) is 2.70. The topological polar surface area (TPSA) is 42.4 Å². The molecule has 0 fully saturated rings. The fourth-order valence-electron chi connectivity index (χ4n) is 3.27. The summed E-state index contributed by atoms with van der Waals surface area (Å²) in [6.45, 7) is 2.67. The van der Waals surface area contributed by atoms with Crippen molar-refractivity contribution in [3.63, 3.8) is 0 Å². The standard InChI is InChI=1S/C21H24BrClF2N2O2/c1-4-21(20(28)29-3,12-17-16(24)8-9-18(22)26-17)10-11-27(2)13-14-6-5-7-15(23)19(14)25/h5-9H,4,10-13H2,1-3H3. The van der Waals surface area contributed by atoms with Crippen LogP contribution >= 0.6 is 27.5 Å². The lowest BCUT2D eigenvalue weighted by atomic mass is 9.77. The van der Waals surface area contributed by atoms with Crippen molar-refractivity contribution in [2.24, 2.45) is 5.41 Å². The van der Waals surface area contributed by atoms with Crippen LogP contribution in [-0.2, 0) is 22.5 Å². The predicted octanol–water partition coefficient (Wildman–Crippen LogP) is 5.41. The van der Waals surface area contributed by atoms with E-state index in [1.54, 1.807) is 12.1 Å². The first-order valence-corrected chi connectivity index (χ1v) is 10.4. The molecule has 1 aromatic heterocycles. The number of benzene rings is 1. The maximum absolute atomic E-state index is 14.3. The highest BCUT2D eigenvalue weighted by Crippen LogP contribution is 2.34. The molecule has 1 aromatic carbocycles. The molecule has 0 amide bonds. The summed E-state index contributed by atoms with van der Waals surface area (Å²) in [6.07, 6.45) is 0.968. The molecule has 4 nitrogen and oxygen atoms in total. The molecular weight excluding hydrogens is 466 g/mol. The Morgan fingerprint density at radius 2 is 2.03 bits per heavy atom. The fourth-order valence-corrected chi connectivity index (χ4v) is 3.81. The minimum absolute atomic E-state index is 0.0737. The summed E-state index contributed by atoms with van der Waals surface area (Å²) in [5.74, 6) is -1.33. The van der Waals surface area contributed by atoms with Crippen LogP contribution in [0.1, 0.15) is 31.0 Å². The molecule has 0 aliphatic heterocycles. The Morgan fingerprint density at radius 1 is 1.31 bits per heavy atom. The minimum Gasteiger partial charge on any atom is -0.469 e. The summed E-state index contributed by atoms with van der Waals surface area (Å²) in [5.41, 5.74) is -0.264. The van der Waals surface area contributed by atoms with Gasteiger partial charge in [0.05, 0.1) is 23.2 Å². The number of aromatic nitrogens is 1. The largest absolute Gasteiger partial charge is 0.469 e. The number of rotatable bonds is 9. The SMILES string of the molecule is CCC(CCN(C)Cc1cccc(Cl)c1F)(Cc1nc(Br)ccc1F)C(=O)OC. The molecule has 0 bridgehead atoms. The quantitative estimate of drug-likeness (QED) is 0.349. The number of carbonyl (C=O) groups is 1. The highest BCUT2D eigenvalue weighted by atomic mass is 79.9. The lowest BCUT2D eigenvalue weighted by Crippen LogP contribution is -2.38. The molecule has 1 heterocycles. The van der Waals surface area contributed by atoms with Crippen LogP contribution in [0.25, 0.3) is 0 Å². The molecule has 8 heteroatoms. The van der Waals surface area contributed by atoms with Crippen LogP contribution in [0.3, 0.4) is 0 Å². The molecule has 0 saturated carbocycles. The molecule has 0 spiro atoms. The van der Waals surface area contributed by atoms with Crippen molar-refractivity contribution in [3.05, 3.63) is 62.8 Å². The second-order valence-electron chi connectivity index (χ2n) is 7.07. The minimum atomic E-state index is -0.940. The molecule has 0 N–H and O–H groups in total. The molecule has 29 heavy (non-hydrogen) atoms. The van der Waals surface area contributed by atoms with E-state index in [4.69, 9.17) is 16.3 Å². The number of hydrogen-bond donors (Lipinski definition) is 0. The first-order valence-electron chi connectivity index (χ1n) is 9.23. The highest BCUT2D eigenvalue weighted by Gasteiger charge is 2.39. The van der Waals surface area contributed by atoms with Gasteiger partial charge in [0.2, 0.25) is 0 Å². The maximum atomic E-state index is 14.3. The van der Waals surface area contributed by atoms with Crippen LogP contribution in [0.5, 0.6) is 0 Å². The molecule has 158 valence electrons. The molecule has 2 aromatic rings. The normalized spacial score (nSPS) is 13.4. The molecule has 0 aliphatic rings. The van der Waals surface area contributed by atoms with Crippen molar-refractivity contribution in [2.45, 2.75) is 32.7 Å². The lowest BCUT2D eigenvalue weighted by molar-refractivity contribution is -0.153. The summed E-state index contributed by atoms with van der Waals surface area (Å²) in [4.78, 5) is 18.7. The van der Waals surface area contributed by atoms with Gasteiger partial charge in [-0.15, -0.1) is 0 Å². The van der Waals surface area contributed by atoms with Gasteiger partial charge in [-0.05, 0) is 60.6 Å². The van der Waals surface area contributed by atoms with Gasteiger partial charge in [-0.25, -0.2) is 13.8 Å². The van der Waals surface area contributed by atoms with E-state index in [2.05, 4.69) is 20.9 Å². The molecule has 0 radical (unpaired) electrons. The predicted molar refractivity (Wildman–Crippen MR) is 113 cm³/mol. The van der Waals surface area contributed by atoms with Crippen molar-refractivity contribution in [2.75, 3.05) is 20.7 Å². The van der Waals surface area contributed by atoms with Crippen molar-refractivity contribution >= 4 is 33.5 Å². The lowest BCUT2D eigenvalue weighted by Gasteiger charge is -2.31. The monoisotopic (exact) mass is 488 g/mol. The zero-order valence-corrected chi connectivity index (χ0v) is 19.0. The third-order valence-corrected chi connectivity index (χ3v) is 5.86. The van der Waals surface area contributed by atoms with Gasteiger partial charge in [0.1, 0.15) is 16.2 Å².